The Bertz CT molecular complexity index is 649. The molecule has 0 atom stereocenters. The van der Waals surface area contributed by atoms with Crippen LogP contribution in [0.2, 0.25) is 0 Å². The van der Waals surface area contributed by atoms with Crippen molar-refractivity contribution in [2.24, 2.45) is 0 Å². The number of benzene rings is 2. The van der Waals surface area contributed by atoms with Gasteiger partial charge in [0.05, 0.1) is 5.56 Å². The first-order valence-corrected chi connectivity index (χ1v) is 7.16. The minimum Gasteiger partial charge on any atom is -0.478 e. The topological polar surface area (TPSA) is 40.5 Å². The number of carbonyl (C=O) groups is 1. The fourth-order valence-electron chi connectivity index (χ4n) is 2.50. The molecule has 2 aromatic carbocycles. The molecule has 0 aromatic heterocycles. The molecule has 1 N–H and O–H groups in total. The monoisotopic (exact) mass is 283 g/mol. The normalized spacial score (nSPS) is 10.4. The largest absolute Gasteiger partial charge is 0.478 e. The lowest BCUT2D eigenvalue weighted by atomic mass is 10.0. The summed E-state index contributed by atoms with van der Waals surface area (Å²) in [4.78, 5) is 13.3. The van der Waals surface area contributed by atoms with E-state index in [0.717, 1.165) is 24.2 Å². The predicted molar refractivity (Wildman–Crippen MR) is 86.0 cm³/mol. The maximum atomic E-state index is 11.0. The van der Waals surface area contributed by atoms with Crippen LogP contribution >= 0.6 is 0 Å². The van der Waals surface area contributed by atoms with Crippen LogP contribution in [0.1, 0.15) is 34.0 Å². The van der Waals surface area contributed by atoms with E-state index in [1.54, 1.807) is 12.1 Å². The van der Waals surface area contributed by atoms with E-state index in [9.17, 15) is 4.79 Å². The predicted octanol–water partition coefficient (Wildman–Crippen LogP) is 4.03. The number of anilines is 1. The number of carboxylic acids is 1. The molecule has 0 radical (unpaired) electrons. The number of rotatable bonds is 5. The molecule has 0 unspecified atom stereocenters. The number of carboxylic acid groups (broad SMARTS) is 1. The van der Waals surface area contributed by atoms with Crippen LogP contribution < -0.4 is 4.90 Å². The molecule has 0 aliphatic rings. The Hall–Kier alpha value is -2.29. The van der Waals surface area contributed by atoms with E-state index in [4.69, 9.17) is 5.11 Å². The standard InChI is InChI=1S/C18H21NO2/c1-4-19(17-8-6-5-7-13(17)2)12-16-10-9-15(18(20)21)11-14(16)3/h5-11H,4,12H2,1-3H3,(H,20,21). The molecular formula is C18H21NO2. The van der Waals surface area contributed by atoms with E-state index in [2.05, 4.69) is 30.9 Å². The molecule has 0 bridgehead atoms. The summed E-state index contributed by atoms with van der Waals surface area (Å²) < 4.78 is 0. The van der Waals surface area contributed by atoms with Gasteiger partial charge in [-0.1, -0.05) is 24.3 Å². The molecule has 0 saturated heterocycles. The molecule has 0 fully saturated rings. The fourth-order valence-corrected chi connectivity index (χ4v) is 2.50. The molecule has 0 saturated carbocycles. The van der Waals surface area contributed by atoms with Gasteiger partial charge in [-0.25, -0.2) is 4.79 Å². The lowest BCUT2D eigenvalue weighted by Crippen LogP contribution is -2.23. The summed E-state index contributed by atoms with van der Waals surface area (Å²) in [5, 5.41) is 9.03. The average molecular weight is 283 g/mol. The van der Waals surface area contributed by atoms with Gasteiger partial charge in [0.25, 0.3) is 0 Å². The van der Waals surface area contributed by atoms with Crippen molar-refractivity contribution in [1.29, 1.82) is 0 Å². The summed E-state index contributed by atoms with van der Waals surface area (Å²) in [6.07, 6.45) is 0. The Morgan fingerprint density at radius 1 is 1.10 bits per heavy atom. The van der Waals surface area contributed by atoms with Gasteiger partial charge in [0.1, 0.15) is 0 Å². The molecule has 0 aliphatic heterocycles. The van der Waals surface area contributed by atoms with Gasteiger partial charge in [0.15, 0.2) is 0 Å². The summed E-state index contributed by atoms with van der Waals surface area (Å²) in [6.45, 7) is 7.90. The highest BCUT2D eigenvalue weighted by Gasteiger charge is 2.11. The molecule has 3 heteroatoms. The number of para-hydroxylation sites is 1. The quantitative estimate of drug-likeness (QED) is 0.900. The van der Waals surface area contributed by atoms with E-state index >= 15 is 0 Å². The Morgan fingerprint density at radius 2 is 1.81 bits per heavy atom. The molecule has 0 spiro atoms. The summed E-state index contributed by atoms with van der Waals surface area (Å²) in [7, 11) is 0. The molecule has 21 heavy (non-hydrogen) atoms. The first kappa shape index (κ1) is 15.1. The zero-order chi connectivity index (χ0) is 15.4. The Labute approximate surface area is 125 Å². The van der Waals surface area contributed by atoms with E-state index < -0.39 is 5.97 Å². The van der Waals surface area contributed by atoms with Gasteiger partial charge < -0.3 is 10.0 Å². The van der Waals surface area contributed by atoms with Crippen LogP contribution in [0.5, 0.6) is 0 Å². The van der Waals surface area contributed by atoms with E-state index in [-0.39, 0.29) is 0 Å². The minimum absolute atomic E-state index is 0.343. The van der Waals surface area contributed by atoms with Crippen molar-refractivity contribution in [2.75, 3.05) is 11.4 Å². The fraction of sp³-hybridized carbons (Fsp3) is 0.278. The third kappa shape index (κ3) is 3.43. The third-order valence-corrected chi connectivity index (χ3v) is 3.79. The van der Waals surface area contributed by atoms with E-state index in [0.29, 0.717) is 5.56 Å². The van der Waals surface area contributed by atoms with Gasteiger partial charge in [-0.15, -0.1) is 0 Å². The first-order valence-electron chi connectivity index (χ1n) is 7.16. The summed E-state index contributed by atoms with van der Waals surface area (Å²) in [6, 6.07) is 13.7. The number of nitrogens with zero attached hydrogens (tertiary/aromatic N) is 1. The molecule has 0 heterocycles. The zero-order valence-electron chi connectivity index (χ0n) is 12.8. The van der Waals surface area contributed by atoms with Gasteiger partial charge >= 0.3 is 5.97 Å². The van der Waals surface area contributed by atoms with Gasteiger partial charge in [-0.05, 0) is 55.7 Å². The molecular weight excluding hydrogens is 262 g/mol. The van der Waals surface area contributed by atoms with Crippen molar-refractivity contribution in [3.8, 4) is 0 Å². The van der Waals surface area contributed by atoms with Crippen LogP contribution in [0, 0.1) is 13.8 Å². The van der Waals surface area contributed by atoms with E-state index in [1.165, 1.54) is 11.3 Å². The maximum absolute atomic E-state index is 11.0. The van der Waals surface area contributed by atoms with Crippen molar-refractivity contribution in [3.63, 3.8) is 0 Å². The van der Waals surface area contributed by atoms with Crippen LogP contribution in [0.4, 0.5) is 5.69 Å². The maximum Gasteiger partial charge on any atom is 0.335 e. The average Bonchev–Trinajstić information content (AvgIpc) is 2.47. The van der Waals surface area contributed by atoms with E-state index in [1.807, 2.05) is 25.1 Å². The highest BCUT2D eigenvalue weighted by Crippen LogP contribution is 2.22. The second kappa shape index (κ2) is 6.44. The zero-order valence-corrected chi connectivity index (χ0v) is 12.8. The number of aryl methyl sites for hydroxylation is 2. The van der Waals surface area contributed by atoms with Crippen molar-refractivity contribution < 1.29 is 9.90 Å². The van der Waals surface area contributed by atoms with Crippen LogP contribution in [0.25, 0.3) is 0 Å². The lowest BCUT2D eigenvalue weighted by molar-refractivity contribution is 0.0697. The van der Waals surface area contributed by atoms with Gasteiger partial charge in [-0.2, -0.15) is 0 Å². The summed E-state index contributed by atoms with van der Waals surface area (Å²) >= 11 is 0. The van der Waals surface area contributed by atoms with Crippen molar-refractivity contribution in [2.45, 2.75) is 27.3 Å². The molecule has 0 aliphatic carbocycles. The number of hydrogen-bond acceptors (Lipinski definition) is 2. The van der Waals surface area contributed by atoms with Gasteiger partial charge in [0.2, 0.25) is 0 Å². The van der Waals surface area contributed by atoms with Gasteiger partial charge in [-0.3, -0.25) is 0 Å². The molecule has 2 rings (SSSR count). The van der Waals surface area contributed by atoms with Crippen LogP contribution in [-0.2, 0) is 6.54 Å². The third-order valence-electron chi connectivity index (χ3n) is 3.79. The number of aromatic carboxylic acids is 1. The smallest absolute Gasteiger partial charge is 0.335 e. The Balaban J connectivity index is 2.27. The van der Waals surface area contributed by atoms with Crippen LogP contribution in [0.15, 0.2) is 42.5 Å². The highest BCUT2D eigenvalue weighted by molar-refractivity contribution is 5.87. The number of hydrogen-bond donors (Lipinski definition) is 1. The molecule has 0 amide bonds. The van der Waals surface area contributed by atoms with Gasteiger partial charge in [0, 0.05) is 18.8 Å². The Morgan fingerprint density at radius 3 is 2.38 bits per heavy atom. The van der Waals surface area contributed by atoms with Crippen molar-refractivity contribution >= 4 is 11.7 Å². The highest BCUT2D eigenvalue weighted by atomic mass is 16.4. The van der Waals surface area contributed by atoms with Crippen molar-refractivity contribution in [3.05, 3.63) is 64.7 Å². The van der Waals surface area contributed by atoms with Crippen LogP contribution in [-0.4, -0.2) is 17.6 Å². The van der Waals surface area contributed by atoms with Crippen molar-refractivity contribution in [1.82, 2.24) is 0 Å². The van der Waals surface area contributed by atoms with Crippen LogP contribution in [0.3, 0.4) is 0 Å². The minimum atomic E-state index is -0.879. The first-order chi connectivity index (χ1) is 10.0. The SMILES string of the molecule is CCN(Cc1ccc(C(=O)O)cc1C)c1ccccc1C. The second-order valence-corrected chi connectivity index (χ2v) is 5.25. The molecule has 110 valence electrons. The summed E-state index contributed by atoms with van der Waals surface area (Å²) in [5.41, 5.74) is 4.99. The summed E-state index contributed by atoms with van der Waals surface area (Å²) in [5.74, 6) is -0.879. The second-order valence-electron chi connectivity index (χ2n) is 5.25. The molecule has 3 nitrogen and oxygen atoms in total. The lowest BCUT2D eigenvalue weighted by Gasteiger charge is -2.26. The Kier molecular flexibility index (Phi) is 4.63. The molecule has 2 aromatic rings.